The Hall–Kier alpha value is -1.19. The second kappa shape index (κ2) is 3.99. The van der Waals surface area contributed by atoms with Gasteiger partial charge in [-0.05, 0) is 25.5 Å². The number of alkyl halides is 1. The third kappa shape index (κ3) is 2.15. The van der Waals surface area contributed by atoms with Crippen LogP contribution >= 0.6 is 0 Å². The lowest BCUT2D eigenvalue weighted by molar-refractivity contribution is 0.512. The molecule has 4 heteroatoms. The molecule has 0 bridgehead atoms. The Morgan fingerprint density at radius 3 is 2.75 bits per heavy atom. The maximum Gasteiger partial charge on any atom is 0.149 e. The Bertz CT molecular complexity index is 262. The largest absolute Gasteiger partial charge is 0.366 e. The lowest BCUT2D eigenvalue weighted by atomic mass is 10.2. The normalized spacial score (nSPS) is 9.92. The summed E-state index contributed by atoms with van der Waals surface area (Å²) < 4.78 is 11.7. The molecule has 0 aromatic carbocycles. The fourth-order valence-corrected chi connectivity index (χ4v) is 0.808. The topological polar surface area (TPSA) is 37.8 Å². The second-order valence-corrected chi connectivity index (χ2v) is 2.61. The molecule has 0 aliphatic carbocycles. The molecule has 3 nitrogen and oxygen atoms in total. The number of aryl methyl sites for hydroxylation is 2. The van der Waals surface area contributed by atoms with Gasteiger partial charge in [0.1, 0.15) is 12.5 Å². The van der Waals surface area contributed by atoms with E-state index >= 15 is 0 Å². The number of hydrogen-bond donors (Lipinski definition) is 1. The van der Waals surface area contributed by atoms with E-state index in [2.05, 4.69) is 15.5 Å². The van der Waals surface area contributed by atoms with Gasteiger partial charge in [-0.1, -0.05) is 0 Å². The average Bonchev–Trinajstić information content (AvgIpc) is 2.07. The van der Waals surface area contributed by atoms with Gasteiger partial charge in [0.05, 0.1) is 5.69 Å². The highest BCUT2D eigenvalue weighted by Crippen LogP contribution is 2.06. The molecule has 0 amide bonds. The van der Waals surface area contributed by atoms with Crippen molar-refractivity contribution in [1.82, 2.24) is 10.2 Å². The van der Waals surface area contributed by atoms with Gasteiger partial charge in [-0.2, -0.15) is 5.10 Å². The summed E-state index contributed by atoms with van der Waals surface area (Å²) in [6.07, 6.45) is 0. The van der Waals surface area contributed by atoms with E-state index in [9.17, 15) is 4.39 Å². The summed E-state index contributed by atoms with van der Waals surface area (Å²) in [5.41, 5.74) is 1.96. The minimum Gasteiger partial charge on any atom is -0.366 e. The summed E-state index contributed by atoms with van der Waals surface area (Å²) in [6, 6.07) is 1.86. The third-order valence-electron chi connectivity index (χ3n) is 1.63. The maximum absolute atomic E-state index is 11.7. The Morgan fingerprint density at radius 1 is 1.42 bits per heavy atom. The molecule has 1 heterocycles. The molecule has 1 N–H and O–H groups in total. The molecule has 1 aromatic rings. The van der Waals surface area contributed by atoms with Crippen molar-refractivity contribution in [3.05, 3.63) is 17.3 Å². The Kier molecular flexibility index (Phi) is 2.96. The van der Waals surface area contributed by atoms with Crippen LogP contribution in [0.15, 0.2) is 6.07 Å². The van der Waals surface area contributed by atoms with E-state index in [-0.39, 0.29) is 6.54 Å². The van der Waals surface area contributed by atoms with Crippen molar-refractivity contribution in [3.63, 3.8) is 0 Å². The summed E-state index contributed by atoms with van der Waals surface area (Å²) in [6.45, 7) is 3.73. The molecule has 0 spiro atoms. The highest BCUT2D eigenvalue weighted by atomic mass is 19.1. The van der Waals surface area contributed by atoms with Gasteiger partial charge in [-0.25, -0.2) is 4.39 Å². The van der Waals surface area contributed by atoms with Crippen molar-refractivity contribution >= 4 is 5.82 Å². The van der Waals surface area contributed by atoms with E-state index in [0.29, 0.717) is 5.82 Å². The van der Waals surface area contributed by atoms with Crippen molar-refractivity contribution in [3.8, 4) is 0 Å². The summed E-state index contributed by atoms with van der Waals surface area (Å²) in [4.78, 5) is 0. The number of rotatable bonds is 3. The van der Waals surface area contributed by atoms with Gasteiger partial charge >= 0.3 is 0 Å². The molecule has 0 aliphatic rings. The van der Waals surface area contributed by atoms with Crippen molar-refractivity contribution in [2.75, 3.05) is 18.5 Å². The zero-order chi connectivity index (χ0) is 8.97. The minimum atomic E-state index is -0.394. The van der Waals surface area contributed by atoms with E-state index in [0.717, 1.165) is 11.3 Å². The first-order valence-electron chi connectivity index (χ1n) is 3.85. The fraction of sp³-hybridized carbons (Fsp3) is 0.500. The molecule has 0 fully saturated rings. The van der Waals surface area contributed by atoms with Crippen LogP contribution in [0, 0.1) is 13.8 Å². The van der Waals surface area contributed by atoms with Crippen LogP contribution in [0.2, 0.25) is 0 Å². The minimum absolute atomic E-state index is 0.289. The summed E-state index contributed by atoms with van der Waals surface area (Å²) in [7, 11) is 0. The zero-order valence-electron chi connectivity index (χ0n) is 7.26. The highest BCUT2D eigenvalue weighted by Gasteiger charge is 1.97. The Labute approximate surface area is 71.0 Å². The quantitative estimate of drug-likeness (QED) is 0.744. The molecular formula is C8H12FN3. The van der Waals surface area contributed by atoms with Crippen molar-refractivity contribution < 1.29 is 4.39 Å². The van der Waals surface area contributed by atoms with Gasteiger partial charge in [0, 0.05) is 6.54 Å². The number of aromatic nitrogens is 2. The maximum atomic E-state index is 11.7. The third-order valence-corrected chi connectivity index (χ3v) is 1.63. The van der Waals surface area contributed by atoms with E-state index in [1.165, 1.54) is 0 Å². The smallest absolute Gasteiger partial charge is 0.149 e. The Balaban J connectivity index is 2.69. The number of hydrogen-bond acceptors (Lipinski definition) is 3. The molecule has 0 atom stereocenters. The van der Waals surface area contributed by atoms with Crippen LogP contribution in [0.25, 0.3) is 0 Å². The highest BCUT2D eigenvalue weighted by molar-refractivity contribution is 5.37. The second-order valence-electron chi connectivity index (χ2n) is 2.61. The lowest BCUT2D eigenvalue weighted by Gasteiger charge is -2.03. The summed E-state index contributed by atoms with van der Waals surface area (Å²) in [5.74, 6) is 0.635. The summed E-state index contributed by atoms with van der Waals surface area (Å²) in [5, 5.41) is 10.6. The van der Waals surface area contributed by atoms with Crippen molar-refractivity contribution in [2.45, 2.75) is 13.8 Å². The monoisotopic (exact) mass is 169 g/mol. The van der Waals surface area contributed by atoms with Gasteiger partial charge in [0.25, 0.3) is 0 Å². The number of nitrogens with one attached hydrogen (secondary N) is 1. The molecule has 1 aromatic heterocycles. The van der Waals surface area contributed by atoms with Crippen LogP contribution in [0.4, 0.5) is 10.2 Å². The van der Waals surface area contributed by atoms with Gasteiger partial charge in [-0.3, -0.25) is 0 Å². The molecule has 0 unspecified atom stereocenters. The van der Waals surface area contributed by atoms with Gasteiger partial charge in [-0.15, -0.1) is 5.10 Å². The van der Waals surface area contributed by atoms with E-state index < -0.39 is 6.67 Å². The van der Waals surface area contributed by atoms with E-state index in [1.807, 2.05) is 19.9 Å². The first-order valence-corrected chi connectivity index (χ1v) is 3.85. The van der Waals surface area contributed by atoms with Crippen LogP contribution < -0.4 is 5.32 Å². The van der Waals surface area contributed by atoms with Crippen molar-refractivity contribution in [2.24, 2.45) is 0 Å². The SMILES string of the molecule is Cc1cc(NCCF)nnc1C. The average molecular weight is 169 g/mol. The standard InChI is InChI=1S/C8H12FN3/c1-6-5-8(10-4-3-9)12-11-7(6)2/h5H,3-4H2,1-2H3,(H,10,12). The van der Waals surface area contributed by atoms with Crippen LogP contribution in [0.3, 0.4) is 0 Å². The van der Waals surface area contributed by atoms with Crippen LogP contribution in [0.1, 0.15) is 11.3 Å². The van der Waals surface area contributed by atoms with Crippen LogP contribution in [-0.2, 0) is 0 Å². The molecule has 12 heavy (non-hydrogen) atoms. The summed E-state index contributed by atoms with van der Waals surface area (Å²) >= 11 is 0. The van der Waals surface area contributed by atoms with Crippen LogP contribution in [0.5, 0.6) is 0 Å². The Morgan fingerprint density at radius 2 is 2.17 bits per heavy atom. The molecule has 1 rings (SSSR count). The first kappa shape index (κ1) is 8.90. The molecule has 0 saturated carbocycles. The predicted molar refractivity (Wildman–Crippen MR) is 46.0 cm³/mol. The molecule has 66 valence electrons. The van der Waals surface area contributed by atoms with Gasteiger partial charge < -0.3 is 5.32 Å². The predicted octanol–water partition coefficient (Wildman–Crippen LogP) is 1.47. The van der Waals surface area contributed by atoms with E-state index in [1.54, 1.807) is 0 Å². The number of nitrogens with zero attached hydrogens (tertiary/aromatic N) is 2. The lowest BCUT2D eigenvalue weighted by Crippen LogP contribution is -2.06. The van der Waals surface area contributed by atoms with Gasteiger partial charge in [0.15, 0.2) is 0 Å². The zero-order valence-corrected chi connectivity index (χ0v) is 7.26. The molecule has 0 aliphatic heterocycles. The molecule has 0 saturated heterocycles. The van der Waals surface area contributed by atoms with E-state index in [4.69, 9.17) is 0 Å². The van der Waals surface area contributed by atoms with Crippen molar-refractivity contribution in [1.29, 1.82) is 0 Å². The molecule has 0 radical (unpaired) electrons. The first-order chi connectivity index (χ1) is 5.74. The number of anilines is 1. The number of halogens is 1. The van der Waals surface area contributed by atoms with Crippen LogP contribution in [-0.4, -0.2) is 23.4 Å². The molecular weight excluding hydrogens is 157 g/mol. The van der Waals surface area contributed by atoms with Gasteiger partial charge in [0.2, 0.25) is 0 Å². The fourth-order valence-electron chi connectivity index (χ4n) is 0.808.